The summed E-state index contributed by atoms with van der Waals surface area (Å²) in [5.74, 6) is 0. The van der Waals surface area contributed by atoms with E-state index in [1.165, 1.54) is 18.2 Å². The highest BCUT2D eigenvalue weighted by Gasteiger charge is 2.29. The van der Waals surface area contributed by atoms with Crippen LogP contribution in [0.3, 0.4) is 0 Å². The van der Waals surface area contributed by atoms with Gasteiger partial charge in [0.05, 0.1) is 29.8 Å². The number of rotatable bonds is 7. The van der Waals surface area contributed by atoms with Crippen LogP contribution in [0.5, 0.6) is 6.01 Å². The van der Waals surface area contributed by atoms with Gasteiger partial charge >= 0.3 is 6.01 Å². The number of benzene rings is 1. The summed E-state index contributed by atoms with van der Waals surface area (Å²) in [7, 11) is -3.89. The Morgan fingerprint density at radius 2 is 1.93 bits per heavy atom. The summed E-state index contributed by atoms with van der Waals surface area (Å²) in [5, 5.41) is 0. The first-order valence-corrected chi connectivity index (χ1v) is 11.2. The Morgan fingerprint density at radius 3 is 2.66 bits per heavy atom. The number of ether oxygens (including phenoxy) is 2. The van der Waals surface area contributed by atoms with Gasteiger partial charge < -0.3 is 9.47 Å². The van der Waals surface area contributed by atoms with Crippen molar-refractivity contribution in [2.75, 3.05) is 6.61 Å². The summed E-state index contributed by atoms with van der Waals surface area (Å²) >= 11 is 0. The van der Waals surface area contributed by atoms with Crippen molar-refractivity contribution >= 4 is 10.1 Å². The van der Waals surface area contributed by atoms with E-state index in [0.717, 1.165) is 31.2 Å². The molecule has 1 saturated carbocycles. The van der Waals surface area contributed by atoms with E-state index in [4.69, 9.17) is 13.7 Å². The van der Waals surface area contributed by atoms with E-state index >= 15 is 0 Å². The molecule has 4 rings (SSSR count). The average Bonchev–Trinajstić information content (AvgIpc) is 3.34. The minimum absolute atomic E-state index is 0.0943. The molecule has 2 aliphatic rings. The standard InChI is InChI=1S/C20H24N2O6S/c1-14-6-8-18(9-7-14)29(24,25)27-13-17-11-22-15(10-19(23)21-20(22)28-17)12-26-16-4-2-3-5-16/h6-10,16-17H,2-5,11-13H2,1H3/t17-/m0/s1. The number of hydrogen-bond donors (Lipinski definition) is 0. The van der Waals surface area contributed by atoms with Crippen LogP contribution in [-0.4, -0.2) is 36.8 Å². The van der Waals surface area contributed by atoms with Crippen LogP contribution in [0.25, 0.3) is 0 Å². The molecule has 0 N–H and O–H groups in total. The van der Waals surface area contributed by atoms with E-state index in [-0.39, 0.29) is 23.6 Å². The number of fused-ring (bicyclic) bond motifs is 1. The largest absolute Gasteiger partial charge is 0.457 e. The van der Waals surface area contributed by atoms with E-state index in [1.54, 1.807) is 16.7 Å². The Bertz CT molecular complexity index is 1030. The summed E-state index contributed by atoms with van der Waals surface area (Å²) in [6.45, 7) is 2.35. The minimum atomic E-state index is -3.89. The molecule has 1 aromatic heterocycles. The maximum Gasteiger partial charge on any atom is 0.300 e. The molecule has 0 radical (unpaired) electrons. The first kappa shape index (κ1) is 20.1. The Labute approximate surface area is 169 Å². The van der Waals surface area contributed by atoms with Crippen LogP contribution in [0.2, 0.25) is 0 Å². The minimum Gasteiger partial charge on any atom is -0.457 e. The van der Waals surface area contributed by atoms with Gasteiger partial charge in [-0.3, -0.25) is 13.5 Å². The molecule has 1 fully saturated rings. The first-order chi connectivity index (χ1) is 13.9. The van der Waals surface area contributed by atoms with Gasteiger partial charge in [0.25, 0.3) is 15.7 Å². The summed E-state index contributed by atoms with van der Waals surface area (Å²) in [6.07, 6.45) is 4.05. The van der Waals surface area contributed by atoms with Gasteiger partial charge in [0.15, 0.2) is 0 Å². The number of aryl methyl sites for hydroxylation is 1. The molecule has 2 heterocycles. The van der Waals surface area contributed by atoms with Crippen LogP contribution in [0.15, 0.2) is 40.0 Å². The van der Waals surface area contributed by atoms with Crippen LogP contribution in [0, 0.1) is 6.92 Å². The molecule has 0 bridgehead atoms. The van der Waals surface area contributed by atoms with Gasteiger partial charge in [-0.2, -0.15) is 13.4 Å². The second kappa shape index (κ2) is 8.25. The fourth-order valence-electron chi connectivity index (χ4n) is 3.61. The third-order valence-corrected chi connectivity index (χ3v) is 6.52. The highest BCUT2D eigenvalue weighted by molar-refractivity contribution is 7.86. The molecular weight excluding hydrogens is 396 g/mol. The zero-order valence-corrected chi connectivity index (χ0v) is 17.1. The summed E-state index contributed by atoms with van der Waals surface area (Å²) in [5.41, 5.74) is 1.23. The van der Waals surface area contributed by atoms with Crippen LogP contribution in [0.4, 0.5) is 0 Å². The second-order valence-electron chi connectivity index (χ2n) is 7.49. The zero-order chi connectivity index (χ0) is 20.4. The van der Waals surface area contributed by atoms with Crippen molar-refractivity contribution in [3.8, 4) is 6.01 Å². The molecule has 9 heteroatoms. The lowest BCUT2D eigenvalue weighted by molar-refractivity contribution is 0.0418. The Balaban J connectivity index is 1.41. The first-order valence-electron chi connectivity index (χ1n) is 9.76. The van der Waals surface area contributed by atoms with E-state index in [9.17, 15) is 13.2 Å². The quantitative estimate of drug-likeness (QED) is 0.633. The van der Waals surface area contributed by atoms with Crippen molar-refractivity contribution in [2.45, 2.75) is 62.9 Å². The normalized spacial score (nSPS) is 19.3. The fraction of sp³-hybridized carbons (Fsp3) is 0.500. The van der Waals surface area contributed by atoms with Crippen LogP contribution in [0.1, 0.15) is 36.9 Å². The molecule has 29 heavy (non-hydrogen) atoms. The van der Waals surface area contributed by atoms with Gasteiger partial charge in [0, 0.05) is 6.07 Å². The molecule has 1 atom stereocenters. The van der Waals surface area contributed by atoms with Crippen molar-refractivity contribution in [1.82, 2.24) is 9.55 Å². The number of aromatic nitrogens is 2. The van der Waals surface area contributed by atoms with Gasteiger partial charge in [-0.25, -0.2) is 0 Å². The van der Waals surface area contributed by atoms with E-state index in [1.807, 2.05) is 6.92 Å². The smallest absolute Gasteiger partial charge is 0.300 e. The van der Waals surface area contributed by atoms with Crippen LogP contribution >= 0.6 is 0 Å². The molecular formula is C20H24N2O6S. The topological polar surface area (TPSA) is 96.7 Å². The molecule has 1 aliphatic heterocycles. The monoisotopic (exact) mass is 420 g/mol. The van der Waals surface area contributed by atoms with E-state index < -0.39 is 21.8 Å². The molecule has 2 aromatic rings. The fourth-order valence-corrected chi connectivity index (χ4v) is 4.54. The lowest BCUT2D eigenvalue weighted by Gasteiger charge is -2.13. The van der Waals surface area contributed by atoms with E-state index in [0.29, 0.717) is 18.8 Å². The molecule has 0 spiro atoms. The Morgan fingerprint density at radius 1 is 1.21 bits per heavy atom. The number of hydrogen-bond acceptors (Lipinski definition) is 7. The summed E-state index contributed by atoms with van der Waals surface area (Å²) < 4.78 is 43.3. The van der Waals surface area contributed by atoms with Crippen molar-refractivity contribution in [2.24, 2.45) is 0 Å². The summed E-state index contributed by atoms with van der Waals surface area (Å²) in [6, 6.07) is 8.05. The average molecular weight is 420 g/mol. The lowest BCUT2D eigenvalue weighted by Crippen LogP contribution is -2.24. The highest BCUT2D eigenvalue weighted by atomic mass is 32.2. The van der Waals surface area contributed by atoms with Gasteiger partial charge in [-0.15, -0.1) is 0 Å². The van der Waals surface area contributed by atoms with Crippen molar-refractivity contribution in [1.29, 1.82) is 0 Å². The lowest BCUT2D eigenvalue weighted by atomic mass is 10.2. The molecule has 156 valence electrons. The highest BCUT2D eigenvalue weighted by Crippen LogP contribution is 2.25. The predicted octanol–water partition coefficient (Wildman–Crippen LogP) is 2.18. The SMILES string of the molecule is Cc1ccc(S(=O)(=O)OC[C@@H]2Cn3c(COC4CCCC4)cc(=O)nc3O2)cc1. The molecule has 0 unspecified atom stereocenters. The second-order valence-corrected chi connectivity index (χ2v) is 9.10. The van der Waals surface area contributed by atoms with Crippen LogP contribution in [-0.2, 0) is 32.2 Å². The van der Waals surface area contributed by atoms with Gasteiger partial charge in [-0.1, -0.05) is 30.5 Å². The van der Waals surface area contributed by atoms with Gasteiger partial charge in [-0.05, 0) is 31.9 Å². The molecule has 1 aromatic carbocycles. The molecule has 1 aliphatic carbocycles. The predicted molar refractivity (Wildman–Crippen MR) is 104 cm³/mol. The van der Waals surface area contributed by atoms with Crippen molar-refractivity contribution < 1.29 is 22.1 Å². The zero-order valence-electron chi connectivity index (χ0n) is 16.2. The van der Waals surface area contributed by atoms with E-state index in [2.05, 4.69) is 4.98 Å². The molecule has 8 nitrogen and oxygen atoms in total. The molecule has 0 saturated heterocycles. The van der Waals surface area contributed by atoms with Gasteiger partial charge in [0.1, 0.15) is 12.7 Å². The number of nitrogens with zero attached hydrogens (tertiary/aromatic N) is 2. The Kier molecular flexibility index (Phi) is 5.71. The van der Waals surface area contributed by atoms with Crippen molar-refractivity contribution in [3.05, 3.63) is 51.9 Å². The van der Waals surface area contributed by atoms with Crippen LogP contribution < -0.4 is 10.3 Å². The Hall–Kier alpha value is -2.23. The summed E-state index contributed by atoms with van der Waals surface area (Å²) in [4.78, 5) is 15.9. The maximum absolute atomic E-state index is 12.4. The maximum atomic E-state index is 12.4. The van der Waals surface area contributed by atoms with Gasteiger partial charge in [0.2, 0.25) is 0 Å². The van der Waals surface area contributed by atoms with Crippen molar-refractivity contribution in [3.63, 3.8) is 0 Å². The third-order valence-electron chi connectivity index (χ3n) is 5.22. The molecule has 0 amide bonds. The third kappa shape index (κ3) is 4.68.